The molecule has 1 atom stereocenters. The summed E-state index contributed by atoms with van der Waals surface area (Å²) in [5.41, 5.74) is 6.38. The van der Waals surface area contributed by atoms with Crippen LogP contribution >= 0.6 is 0 Å². The van der Waals surface area contributed by atoms with Crippen LogP contribution < -0.4 is 10.6 Å². The summed E-state index contributed by atoms with van der Waals surface area (Å²) in [7, 11) is 0. The van der Waals surface area contributed by atoms with Crippen LogP contribution in [0, 0.1) is 5.92 Å². The van der Waals surface area contributed by atoms with Crippen molar-refractivity contribution in [3.8, 4) is 0 Å². The first-order chi connectivity index (χ1) is 10.2. The molecule has 2 N–H and O–H groups in total. The molecule has 2 aromatic heterocycles. The highest BCUT2D eigenvalue weighted by Gasteiger charge is 2.28. The maximum Gasteiger partial charge on any atom is 0.310 e. The van der Waals surface area contributed by atoms with Crippen LogP contribution in [-0.4, -0.2) is 40.3 Å². The quantitative estimate of drug-likeness (QED) is 0.851. The molecule has 3 rings (SSSR count). The minimum absolute atomic E-state index is 0.0881. The molecule has 0 bridgehead atoms. The van der Waals surface area contributed by atoms with Crippen molar-refractivity contribution in [2.75, 3.05) is 30.3 Å². The lowest BCUT2D eigenvalue weighted by Crippen LogP contribution is -2.40. The number of carbonyl (C=O) groups is 1. The first-order valence-corrected chi connectivity index (χ1v) is 7.22. The predicted octanol–water partition coefficient (Wildman–Crippen LogP) is 1.09. The second kappa shape index (κ2) is 5.59. The highest BCUT2D eigenvalue weighted by atomic mass is 16.5. The summed E-state index contributed by atoms with van der Waals surface area (Å²) >= 11 is 0. The third-order valence-electron chi connectivity index (χ3n) is 3.72. The average Bonchev–Trinajstić information content (AvgIpc) is 2.87. The van der Waals surface area contributed by atoms with Crippen LogP contribution in [0.4, 0.5) is 11.8 Å². The van der Waals surface area contributed by atoms with Crippen molar-refractivity contribution < 1.29 is 9.53 Å². The molecule has 1 saturated heterocycles. The number of hydrogen-bond donors (Lipinski definition) is 1. The maximum atomic E-state index is 11.9. The van der Waals surface area contributed by atoms with Crippen LogP contribution in [0.25, 0.3) is 5.65 Å². The zero-order valence-electron chi connectivity index (χ0n) is 12.0. The van der Waals surface area contributed by atoms with E-state index in [0.29, 0.717) is 18.8 Å². The van der Waals surface area contributed by atoms with E-state index in [1.807, 2.05) is 25.1 Å². The normalized spacial score (nSPS) is 18.9. The molecule has 7 heteroatoms. The van der Waals surface area contributed by atoms with Gasteiger partial charge in [0.15, 0.2) is 5.65 Å². The number of pyridine rings is 1. The number of piperidine rings is 1. The van der Waals surface area contributed by atoms with Crippen molar-refractivity contribution in [3.63, 3.8) is 0 Å². The van der Waals surface area contributed by atoms with Crippen molar-refractivity contribution in [3.05, 3.63) is 18.2 Å². The lowest BCUT2D eigenvalue weighted by molar-refractivity contribution is -0.148. The molecule has 0 aromatic carbocycles. The van der Waals surface area contributed by atoms with Gasteiger partial charge in [-0.3, -0.25) is 4.79 Å². The van der Waals surface area contributed by atoms with E-state index in [9.17, 15) is 4.79 Å². The molecule has 0 spiro atoms. The van der Waals surface area contributed by atoms with Crippen LogP contribution in [0.1, 0.15) is 19.8 Å². The minimum Gasteiger partial charge on any atom is -0.466 e. The summed E-state index contributed by atoms with van der Waals surface area (Å²) in [6.45, 7) is 3.77. The summed E-state index contributed by atoms with van der Waals surface area (Å²) in [6.07, 6.45) is 1.81. The summed E-state index contributed by atoms with van der Waals surface area (Å²) in [4.78, 5) is 18.2. The molecule has 2 aromatic rings. The summed E-state index contributed by atoms with van der Waals surface area (Å²) < 4.78 is 6.86. The zero-order valence-corrected chi connectivity index (χ0v) is 12.0. The number of ether oxygens (including phenoxy) is 1. The van der Waals surface area contributed by atoms with Gasteiger partial charge in [-0.1, -0.05) is 6.07 Å². The Hall–Kier alpha value is -2.31. The molecule has 1 fully saturated rings. The highest BCUT2D eigenvalue weighted by Crippen LogP contribution is 2.24. The smallest absolute Gasteiger partial charge is 0.310 e. The first kappa shape index (κ1) is 13.7. The Bertz CT molecular complexity index is 654. The Morgan fingerprint density at radius 3 is 3.19 bits per heavy atom. The van der Waals surface area contributed by atoms with Crippen LogP contribution in [0.15, 0.2) is 18.2 Å². The number of aromatic nitrogens is 3. The fraction of sp³-hybridized carbons (Fsp3) is 0.500. The van der Waals surface area contributed by atoms with Gasteiger partial charge in [-0.2, -0.15) is 9.50 Å². The Morgan fingerprint density at radius 1 is 1.52 bits per heavy atom. The van der Waals surface area contributed by atoms with E-state index in [1.54, 1.807) is 4.52 Å². The number of esters is 1. The molecule has 0 aliphatic carbocycles. The Morgan fingerprint density at radius 2 is 2.38 bits per heavy atom. The summed E-state index contributed by atoms with van der Waals surface area (Å²) in [5, 5.41) is 4.22. The van der Waals surface area contributed by atoms with E-state index in [0.717, 1.165) is 25.2 Å². The molecule has 0 saturated carbocycles. The second-order valence-corrected chi connectivity index (χ2v) is 5.16. The van der Waals surface area contributed by atoms with Crippen molar-refractivity contribution in [2.45, 2.75) is 19.8 Å². The van der Waals surface area contributed by atoms with E-state index < -0.39 is 0 Å². The summed E-state index contributed by atoms with van der Waals surface area (Å²) in [5.74, 6) is 0.953. The number of fused-ring (bicyclic) bond motifs is 1. The number of hydrogen-bond acceptors (Lipinski definition) is 6. The van der Waals surface area contributed by atoms with Gasteiger partial charge in [0.1, 0.15) is 5.82 Å². The van der Waals surface area contributed by atoms with Crippen molar-refractivity contribution >= 4 is 23.4 Å². The maximum absolute atomic E-state index is 11.9. The fourth-order valence-corrected chi connectivity index (χ4v) is 2.79. The lowest BCUT2D eigenvalue weighted by Gasteiger charge is -2.33. The van der Waals surface area contributed by atoms with Crippen LogP contribution in [0.2, 0.25) is 0 Å². The molecular weight excluding hydrogens is 270 g/mol. The number of rotatable bonds is 3. The van der Waals surface area contributed by atoms with Gasteiger partial charge in [0.25, 0.3) is 0 Å². The number of nitrogen functional groups attached to an aromatic ring is 1. The summed E-state index contributed by atoms with van der Waals surface area (Å²) in [6, 6.07) is 5.75. The van der Waals surface area contributed by atoms with Crippen molar-refractivity contribution in [2.24, 2.45) is 5.92 Å². The van der Waals surface area contributed by atoms with Gasteiger partial charge in [0, 0.05) is 13.1 Å². The third kappa shape index (κ3) is 2.63. The molecule has 21 heavy (non-hydrogen) atoms. The molecule has 1 unspecified atom stereocenters. The molecular formula is C14H19N5O2. The fourth-order valence-electron chi connectivity index (χ4n) is 2.79. The number of anilines is 2. The SMILES string of the molecule is CCOC(=O)C1CCCN(c2cccc3nc(N)nn23)C1. The molecule has 0 amide bonds. The van der Waals surface area contributed by atoms with Gasteiger partial charge < -0.3 is 15.4 Å². The highest BCUT2D eigenvalue weighted by molar-refractivity contribution is 5.73. The zero-order chi connectivity index (χ0) is 14.8. The number of carbonyl (C=O) groups excluding carboxylic acids is 1. The van der Waals surface area contributed by atoms with Gasteiger partial charge in [-0.05, 0) is 31.9 Å². The van der Waals surface area contributed by atoms with Crippen LogP contribution in [-0.2, 0) is 9.53 Å². The van der Waals surface area contributed by atoms with Gasteiger partial charge >= 0.3 is 5.97 Å². The van der Waals surface area contributed by atoms with E-state index in [4.69, 9.17) is 10.5 Å². The second-order valence-electron chi connectivity index (χ2n) is 5.16. The van der Waals surface area contributed by atoms with Gasteiger partial charge in [0.2, 0.25) is 5.95 Å². The van der Waals surface area contributed by atoms with Crippen LogP contribution in [0.5, 0.6) is 0 Å². The van der Waals surface area contributed by atoms with Gasteiger partial charge in [-0.15, -0.1) is 5.10 Å². The predicted molar refractivity (Wildman–Crippen MR) is 79.0 cm³/mol. The van der Waals surface area contributed by atoms with Crippen molar-refractivity contribution in [1.29, 1.82) is 0 Å². The molecule has 0 radical (unpaired) electrons. The lowest BCUT2D eigenvalue weighted by atomic mass is 9.98. The monoisotopic (exact) mass is 289 g/mol. The average molecular weight is 289 g/mol. The van der Waals surface area contributed by atoms with E-state index in [-0.39, 0.29) is 17.8 Å². The van der Waals surface area contributed by atoms with E-state index >= 15 is 0 Å². The largest absolute Gasteiger partial charge is 0.466 e. The third-order valence-corrected chi connectivity index (χ3v) is 3.72. The van der Waals surface area contributed by atoms with Gasteiger partial charge in [-0.25, -0.2) is 0 Å². The molecule has 112 valence electrons. The number of nitrogens with zero attached hydrogens (tertiary/aromatic N) is 4. The Kier molecular flexibility index (Phi) is 3.64. The molecule has 7 nitrogen and oxygen atoms in total. The molecule has 1 aliphatic rings. The minimum atomic E-state index is -0.118. The van der Waals surface area contributed by atoms with Crippen LogP contribution in [0.3, 0.4) is 0 Å². The van der Waals surface area contributed by atoms with Gasteiger partial charge in [0.05, 0.1) is 12.5 Å². The molecule has 1 aliphatic heterocycles. The van der Waals surface area contributed by atoms with E-state index in [1.165, 1.54) is 0 Å². The van der Waals surface area contributed by atoms with E-state index in [2.05, 4.69) is 15.0 Å². The Labute approximate surface area is 122 Å². The van der Waals surface area contributed by atoms with Crippen molar-refractivity contribution in [1.82, 2.24) is 14.6 Å². The first-order valence-electron chi connectivity index (χ1n) is 7.22. The number of nitrogens with two attached hydrogens (primary N) is 1. The Balaban J connectivity index is 1.86. The molecule has 3 heterocycles. The topological polar surface area (TPSA) is 85.8 Å². The standard InChI is InChI=1S/C14H19N5O2/c1-2-21-13(20)10-5-4-8-18(9-10)12-7-3-6-11-16-14(15)17-19(11)12/h3,6-7,10H,2,4-5,8-9H2,1H3,(H2,15,17).